The fourth-order valence-corrected chi connectivity index (χ4v) is 2.16. The summed E-state index contributed by atoms with van der Waals surface area (Å²) in [5, 5.41) is 8.59. The first kappa shape index (κ1) is 14.3. The number of benzene rings is 1. The number of ether oxygens (including phenoxy) is 1. The number of hydrogen-bond acceptors (Lipinski definition) is 4. The second kappa shape index (κ2) is 7.55. The molecule has 0 fully saturated rings. The summed E-state index contributed by atoms with van der Waals surface area (Å²) < 4.78 is 4.55. The Morgan fingerprint density at radius 3 is 2.78 bits per heavy atom. The first-order valence-electron chi connectivity index (χ1n) is 5.27. The van der Waals surface area contributed by atoms with Gasteiger partial charge in [0.25, 0.3) is 0 Å². The van der Waals surface area contributed by atoms with Crippen LogP contribution in [0.15, 0.2) is 30.3 Å². The molecule has 18 heavy (non-hydrogen) atoms. The number of methoxy groups -OCH3 is 1. The second-order valence-corrected chi connectivity index (χ2v) is 4.42. The summed E-state index contributed by atoms with van der Waals surface area (Å²) in [6.07, 6.45) is 2.65. The average molecular weight is 266 g/mol. The van der Waals surface area contributed by atoms with Gasteiger partial charge in [-0.25, -0.2) is 4.79 Å². The van der Waals surface area contributed by atoms with Gasteiger partial charge in [-0.05, 0) is 17.2 Å². The highest BCUT2D eigenvalue weighted by molar-refractivity contribution is 7.99. The van der Waals surface area contributed by atoms with Crippen LogP contribution >= 0.6 is 11.8 Å². The van der Waals surface area contributed by atoms with Crippen molar-refractivity contribution in [3.63, 3.8) is 0 Å². The number of hydrogen-bond donors (Lipinski definition) is 1. The van der Waals surface area contributed by atoms with Gasteiger partial charge in [0, 0.05) is 11.8 Å². The number of carboxylic acid groups (broad SMARTS) is 1. The van der Waals surface area contributed by atoms with Crippen LogP contribution in [-0.4, -0.2) is 29.9 Å². The van der Waals surface area contributed by atoms with Gasteiger partial charge in [-0.2, -0.15) is 0 Å². The minimum absolute atomic E-state index is 0.265. The first-order chi connectivity index (χ1) is 8.63. The zero-order chi connectivity index (χ0) is 13.4. The van der Waals surface area contributed by atoms with Crippen molar-refractivity contribution in [3.05, 3.63) is 41.5 Å². The minimum Gasteiger partial charge on any atom is -0.478 e. The van der Waals surface area contributed by atoms with Gasteiger partial charge in [-0.3, -0.25) is 4.79 Å². The lowest BCUT2D eigenvalue weighted by Crippen LogP contribution is -2.03. The summed E-state index contributed by atoms with van der Waals surface area (Å²) in [7, 11) is 1.35. The van der Waals surface area contributed by atoms with E-state index >= 15 is 0 Å². The molecular formula is C13H14O4S. The lowest BCUT2D eigenvalue weighted by Gasteiger charge is -2.05. The maximum atomic E-state index is 11.0. The van der Waals surface area contributed by atoms with Crippen molar-refractivity contribution in [1.29, 1.82) is 0 Å². The standard InChI is InChI=1S/C13H14O4S/c1-17-13(16)9-18-8-11-5-3-2-4-10(11)6-7-12(14)15/h2-7H,8-9H2,1H3,(H,14,15). The molecule has 0 aromatic heterocycles. The third kappa shape index (κ3) is 5.05. The molecule has 0 aliphatic carbocycles. The average Bonchev–Trinajstić information content (AvgIpc) is 2.37. The number of esters is 1. The minimum atomic E-state index is -0.980. The van der Waals surface area contributed by atoms with Crippen LogP contribution < -0.4 is 0 Å². The molecule has 4 nitrogen and oxygen atoms in total. The van der Waals surface area contributed by atoms with Crippen LogP contribution in [0.3, 0.4) is 0 Å². The molecular weight excluding hydrogens is 252 g/mol. The highest BCUT2D eigenvalue weighted by Gasteiger charge is 2.03. The molecule has 0 heterocycles. The molecule has 0 bridgehead atoms. The maximum absolute atomic E-state index is 11.0. The molecule has 0 spiro atoms. The van der Waals surface area contributed by atoms with Crippen LogP contribution in [0.5, 0.6) is 0 Å². The SMILES string of the molecule is COC(=O)CSCc1ccccc1C=CC(=O)O. The van der Waals surface area contributed by atoms with E-state index in [9.17, 15) is 9.59 Å². The quantitative estimate of drug-likeness (QED) is 0.631. The Bertz CT molecular complexity index is 454. The van der Waals surface area contributed by atoms with Gasteiger partial charge in [0.2, 0.25) is 0 Å². The fourth-order valence-electron chi connectivity index (χ4n) is 1.29. The number of thioether (sulfide) groups is 1. The van der Waals surface area contributed by atoms with E-state index in [1.54, 1.807) is 6.08 Å². The van der Waals surface area contributed by atoms with E-state index in [1.165, 1.54) is 18.9 Å². The summed E-state index contributed by atoms with van der Waals surface area (Å²) >= 11 is 1.43. The number of aliphatic carboxylic acids is 1. The second-order valence-electron chi connectivity index (χ2n) is 3.44. The van der Waals surface area contributed by atoms with Crippen LogP contribution in [0, 0.1) is 0 Å². The molecule has 96 valence electrons. The van der Waals surface area contributed by atoms with E-state index < -0.39 is 5.97 Å². The van der Waals surface area contributed by atoms with E-state index in [-0.39, 0.29) is 11.7 Å². The Kier molecular flexibility index (Phi) is 6.00. The first-order valence-corrected chi connectivity index (χ1v) is 6.42. The van der Waals surface area contributed by atoms with Crippen LogP contribution in [0.4, 0.5) is 0 Å². The zero-order valence-electron chi connectivity index (χ0n) is 9.96. The predicted molar refractivity (Wildman–Crippen MR) is 71.3 cm³/mol. The van der Waals surface area contributed by atoms with Gasteiger partial charge in [0.05, 0.1) is 12.9 Å². The van der Waals surface area contributed by atoms with Crippen molar-refractivity contribution in [2.45, 2.75) is 5.75 Å². The highest BCUT2D eigenvalue weighted by atomic mass is 32.2. The van der Waals surface area contributed by atoms with Crippen molar-refractivity contribution in [3.8, 4) is 0 Å². The van der Waals surface area contributed by atoms with Crippen molar-refractivity contribution >= 4 is 29.8 Å². The maximum Gasteiger partial charge on any atom is 0.328 e. The van der Waals surface area contributed by atoms with Crippen LogP contribution in [0.1, 0.15) is 11.1 Å². The molecule has 0 amide bonds. The van der Waals surface area contributed by atoms with Crippen molar-refractivity contribution in [1.82, 2.24) is 0 Å². The van der Waals surface area contributed by atoms with Gasteiger partial charge in [0.15, 0.2) is 0 Å². The van der Waals surface area contributed by atoms with Gasteiger partial charge < -0.3 is 9.84 Å². The largest absolute Gasteiger partial charge is 0.478 e. The number of carbonyl (C=O) groups is 2. The monoisotopic (exact) mass is 266 g/mol. The summed E-state index contributed by atoms with van der Waals surface area (Å²) in [5.74, 6) is -0.325. The van der Waals surface area contributed by atoms with Gasteiger partial charge in [-0.15, -0.1) is 11.8 Å². The molecule has 0 atom stereocenters. The van der Waals surface area contributed by atoms with E-state index in [0.29, 0.717) is 5.75 Å². The normalized spacial score (nSPS) is 10.5. The Labute approximate surface area is 110 Å². The smallest absolute Gasteiger partial charge is 0.328 e. The third-order valence-corrected chi connectivity index (χ3v) is 3.12. The lowest BCUT2D eigenvalue weighted by atomic mass is 10.1. The van der Waals surface area contributed by atoms with Crippen molar-refractivity contribution in [2.75, 3.05) is 12.9 Å². The van der Waals surface area contributed by atoms with Crippen LogP contribution in [0.2, 0.25) is 0 Å². The van der Waals surface area contributed by atoms with Crippen molar-refractivity contribution < 1.29 is 19.4 Å². The number of carboxylic acids is 1. The molecule has 1 N–H and O–H groups in total. The molecule has 5 heteroatoms. The molecule has 0 radical (unpaired) electrons. The molecule has 1 aromatic rings. The zero-order valence-corrected chi connectivity index (χ0v) is 10.8. The summed E-state index contributed by atoms with van der Waals surface area (Å²) in [6.45, 7) is 0. The van der Waals surface area contributed by atoms with Gasteiger partial charge in [-0.1, -0.05) is 24.3 Å². The van der Waals surface area contributed by atoms with E-state index in [4.69, 9.17) is 5.11 Å². The predicted octanol–water partition coefficient (Wildman–Crippen LogP) is 2.19. The Morgan fingerprint density at radius 2 is 2.11 bits per heavy atom. The molecule has 1 aromatic carbocycles. The Morgan fingerprint density at radius 1 is 1.39 bits per heavy atom. The van der Waals surface area contributed by atoms with E-state index in [1.807, 2.05) is 24.3 Å². The van der Waals surface area contributed by atoms with Gasteiger partial charge >= 0.3 is 11.9 Å². The lowest BCUT2D eigenvalue weighted by molar-refractivity contribution is -0.137. The fraction of sp³-hybridized carbons (Fsp3) is 0.231. The summed E-state index contributed by atoms with van der Waals surface area (Å²) in [6, 6.07) is 7.47. The molecule has 0 unspecified atom stereocenters. The Balaban J connectivity index is 2.64. The molecule has 0 aliphatic heterocycles. The molecule has 1 rings (SSSR count). The molecule has 0 aliphatic rings. The summed E-state index contributed by atoms with van der Waals surface area (Å²) in [5.41, 5.74) is 1.83. The number of rotatable bonds is 6. The highest BCUT2D eigenvalue weighted by Crippen LogP contribution is 2.18. The van der Waals surface area contributed by atoms with Crippen LogP contribution in [0.25, 0.3) is 6.08 Å². The topological polar surface area (TPSA) is 63.6 Å². The van der Waals surface area contributed by atoms with E-state index in [2.05, 4.69) is 4.74 Å². The van der Waals surface area contributed by atoms with Crippen LogP contribution in [-0.2, 0) is 20.1 Å². The Hall–Kier alpha value is -1.75. The molecule has 0 saturated carbocycles. The molecule has 0 saturated heterocycles. The van der Waals surface area contributed by atoms with Gasteiger partial charge in [0.1, 0.15) is 0 Å². The third-order valence-electron chi connectivity index (χ3n) is 2.17. The number of carbonyl (C=O) groups excluding carboxylic acids is 1. The van der Waals surface area contributed by atoms with Crippen molar-refractivity contribution in [2.24, 2.45) is 0 Å². The van der Waals surface area contributed by atoms with E-state index in [0.717, 1.165) is 17.2 Å². The summed E-state index contributed by atoms with van der Waals surface area (Å²) in [4.78, 5) is 21.4.